The second-order valence-electron chi connectivity index (χ2n) is 0.125. The van der Waals surface area contributed by atoms with E-state index in [2.05, 4.69) is 0 Å². The molecule has 0 heterocycles. The number of nitrogens with one attached hydrogen (secondary N) is 2. The van der Waals surface area contributed by atoms with Crippen molar-refractivity contribution in [3.05, 3.63) is 0 Å². The van der Waals surface area contributed by atoms with Gasteiger partial charge in [-0.15, -0.1) is 0 Å². The lowest BCUT2D eigenvalue weighted by Gasteiger charge is -1.09. The zero-order chi connectivity index (χ0) is 2.71. The quantitative estimate of drug-likeness (QED) is 0.383. The molecule has 0 aromatic rings. The van der Waals surface area contributed by atoms with Crippen LogP contribution in [0, 0.1) is 10.8 Å². The van der Waals surface area contributed by atoms with Gasteiger partial charge in [0.1, 0.15) is 0 Å². The van der Waals surface area contributed by atoms with Gasteiger partial charge in [0, 0.05) is 0 Å². The Morgan fingerprint density at radius 3 is 1.25 bits per heavy atom. The molecule has 0 fully saturated rings. The minimum absolute atomic E-state index is 0. The molecule has 0 spiro atoms. The van der Waals surface area contributed by atoms with Crippen molar-refractivity contribution < 1.29 is 4.70 Å². The van der Waals surface area contributed by atoms with Crippen LogP contribution < -0.4 is 0 Å². The van der Waals surface area contributed by atoms with E-state index in [1.54, 1.807) is 0 Å². The first-order valence-corrected chi connectivity index (χ1v) is 0.500. The van der Waals surface area contributed by atoms with Gasteiger partial charge in [0.05, 0.1) is 6.01 Å². The third-order valence-electron chi connectivity index (χ3n) is 0. The van der Waals surface area contributed by atoms with E-state index >= 15 is 0 Å². The number of rotatable bonds is 0. The topological polar surface area (TPSA) is 47.7 Å². The van der Waals surface area contributed by atoms with Crippen LogP contribution in [-0.2, 0) is 0 Å². The summed E-state index contributed by atoms with van der Waals surface area (Å²) >= 11 is 0. The summed E-state index contributed by atoms with van der Waals surface area (Å²) in [5, 5.41) is 11.2. The molecular formula is CH3FN2. The minimum Gasteiger partial charge on any atom is -0.269 e. The van der Waals surface area contributed by atoms with Gasteiger partial charge in [-0.2, -0.15) is 0 Å². The first-order chi connectivity index (χ1) is 1.41. The normalized spacial score (nSPS) is 2.00. The van der Waals surface area contributed by atoms with Gasteiger partial charge >= 0.3 is 0 Å². The standard InChI is InChI=1S/CH2N2.FH/c2-1-3;/h2-3H;1H. The molecule has 0 saturated carbocycles. The molecule has 4 heavy (non-hydrogen) atoms. The number of hydrogen-bond donors (Lipinski definition) is 2. The van der Waals surface area contributed by atoms with E-state index in [9.17, 15) is 0 Å². The van der Waals surface area contributed by atoms with Crippen LogP contribution in [0.15, 0.2) is 0 Å². The van der Waals surface area contributed by atoms with Gasteiger partial charge < -0.3 is 0 Å². The maximum atomic E-state index is 5.62. The molecule has 24 valence electrons. The fraction of sp³-hybridized carbons (Fsp3) is 0. The van der Waals surface area contributed by atoms with Gasteiger partial charge in [-0.25, -0.2) is 10.8 Å². The van der Waals surface area contributed by atoms with Crippen LogP contribution in [0.2, 0.25) is 0 Å². The fourth-order valence-corrected chi connectivity index (χ4v) is 0. The van der Waals surface area contributed by atoms with E-state index in [1.165, 1.54) is 6.01 Å². The van der Waals surface area contributed by atoms with Crippen LogP contribution in [0.5, 0.6) is 0 Å². The van der Waals surface area contributed by atoms with Gasteiger partial charge in [0.2, 0.25) is 0 Å². The van der Waals surface area contributed by atoms with Crippen molar-refractivity contribution >= 4 is 6.01 Å². The molecule has 3 heteroatoms. The van der Waals surface area contributed by atoms with Crippen molar-refractivity contribution in [2.24, 2.45) is 0 Å². The summed E-state index contributed by atoms with van der Waals surface area (Å²) in [6.07, 6.45) is 0. The minimum atomic E-state index is 0. The largest absolute Gasteiger partial charge is 0.269 e. The maximum Gasteiger partial charge on any atom is 0.0831 e. The molecule has 2 nitrogen and oxygen atoms in total. The van der Waals surface area contributed by atoms with Crippen LogP contribution in [0.25, 0.3) is 0 Å². The van der Waals surface area contributed by atoms with Gasteiger partial charge in [-0.3, -0.25) is 4.70 Å². The Morgan fingerprint density at radius 2 is 1.25 bits per heavy atom. The Hall–Kier alpha value is -0.690. The molecule has 0 aromatic carbocycles. The molecule has 0 saturated heterocycles. The van der Waals surface area contributed by atoms with Crippen LogP contribution in [0.3, 0.4) is 0 Å². The molecule has 0 aliphatic carbocycles. The molecule has 0 radical (unpaired) electrons. The SMILES string of the molecule is F.N=C=N. The van der Waals surface area contributed by atoms with Gasteiger partial charge in [-0.05, 0) is 0 Å². The molecule has 0 amide bonds. The molecule has 0 rings (SSSR count). The highest BCUT2D eigenvalue weighted by Gasteiger charge is 0.934. The van der Waals surface area contributed by atoms with Gasteiger partial charge in [0.25, 0.3) is 0 Å². The summed E-state index contributed by atoms with van der Waals surface area (Å²) in [7, 11) is 0. The highest BCUT2D eigenvalue weighted by atomic mass is 19.0. The van der Waals surface area contributed by atoms with E-state index < -0.39 is 0 Å². The predicted molar refractivity (Wildman–Crippen MR) is 12.9 cm³/mol. The monoisotopic (exact) mass is 62.0 g/mol. The Balaban J connectivity index is 0. The highest BCUT2D eigenvalue weighted by molar-refractivity contribution is 5.29. The summed E-state index contributed by atoms with van der Waals surface area (Å²) in [6, 6.07) is 1.25. The molecular weight excluding hydrogens is 59.0 g/mol. The molecule has 0 aliphatic heterocycles. The molecule has 0 atom stereocenters. The lowest BCUT2D eigenvalue weighted by atomic mass is 11.6. The molecule has 0 aliphatic rings. The number of halogens is 1. The van der Waals surface area contributed by atoms with Crippen molar-refractivity contribution in [2.75, 3.05) is 0 Å². The highest BCUT2D eigenvalue weighted by Crippen LogP contribution is 0.920. The summed E-state index contributed by atoms with van der Waals surface area (Å²) in [6.45, 7) is 0. The second-order valence-corrected chi connectivity index (χ2v) is 0.125. The van der Waals surface area contributed by atoms with Crippen LogP contribution >= 0.6 is 0 Å². The van der Waals surface area contributed by atoms with E-state index in [4.69, 9.17) is 10.8 Å². The average molecular weight is 62.0 g/mol. The zero-order valence-corrected chi connectivity index (χ0v) is 1.91. The maximum absolute atomic E-state index is 5.62. The van der Waals surface area contributed by atoms with Crippen LogP contribution in [0.4, 0.5) is 4.70 Å². The Kier molecular flexibility index (Phi) is 106. The first kappa shape index (κ1) is 10.3. The Morgan fingerprint density at radius 1 is 1.25 bits per heavy atom. The van der Waals surface area contributed by atoms with Crippen molar-refractivity contribution in [3.8, 4) is 0 Å². The van der Waals surface area contributed by atoms with Crippen molar-refractivity contribution in [2.45, 2.75) is 0 Å². The van der Waals surface area contributed by atoms with E-state index in [0.29, 0.717) is 0 Å². The van der Waals surface area contributed by atoms with E-state index in [-0.39, 0.29) is 4.70 Å². The van der Waals surface area contributed by atoms with Gasteiger partial charge in [0.15, 0.2) is 0 Å². The number of hydrogen-bond acceptors (Lipinski definition) is 2. The zero-order valence-electron chi connectivity index (χ0n) is 1.91. The van der Waals surface area contributed by atoms with E-state index in [0.717, 1.165) is 0 Å². The summed E-state index contributed by atoms with van der Waals surface area (Å²) in [4.78, 5) is 0. The van der Waals surface area contributed by atoms with Gasteiger partial charge in [-0.1, -0.05) is 0 Å². The summed E-state index contributed by atoms with van der Waals surface area (Å²) in [5.74, 6) is 0. The third kappa shape index (κ3) is 0.264. The third-order valence-corrected chi connectivity index (χ3v) is 0. The molecule has 0 bridgehead atoms. The molecule has 0 unspecified atom stereocenters. The predicted octanol–water partition coefficient (Wildman–Crippen LogP) is 0.470. The lowest BCUT2D eigenvalue weighted by Crippen LogP contribution is -1.11. The lowest BCUT2D eigenvalue weighted by molar-refractivity contribution is 1.11. The van der Waals surface area contributed by atoms with Crippen molar-refractivity contribution in [3.63, 3.8) is 0 Å². The summed E-state index contributed by atoms with van der Waals surface area (Å²) < 4.78 is 0. The van der Waals surface area contributed by atoms with Crippen molar-refractivity contribution in [1.82, 2.24) is 0 Å². The van der Waals surface area contributed by atoms with E-state index in [1.807, 2.05) is 0 Å². The molecule has 2 N–H and O–H groups in total. The van der Waals surface area contributed by atoms with Crippen LogP contribution in [0.1, 0.15) is 0 Å². The Bertz CT molecular complexity index is 27.0. The van der Waals surface area contributed by atoms with Crippen molar-refractivity contribution in [1.29, 1.82) is 10.8 Å². The first-order valence-electron chi connectivity index (χ1n) is 0.500. The fourth-order valence-electron chi connectivity index (χ4n) is 0. The average Bonchev–Trinajstić information content (AvgIpc) is 0.918. The van der Waals surface area contributed by atoms with Crippen LogP contribution in [-0.4, -0.2) is 6.01 Å². The smallest absolute Gasteiger partial charge is 0.0831 e. The molecule has 0 aromatic heterocycles. The Labute approximate surface area is 22.8 Å². The summed E-state index contributed by atoms with van der Waals surface area (Å²) in [5.41, 5.74) is 0. The second kappa shape index (κ2) is 41.3.